The van der Waals surface area contributed by atoms with Crippen LogP contribution in [0, 0.1) is 12.7 Å². The zero-order chi connectivity index (χ0) is 25.8. The van der Waals surface area contributed by atoms with E-state index in [-0.39, 0.29) is 11.7 Å². The second-order valence-corrected chi connectivity index (χ2v) is 10.1. The SMILES string of the molecule is CCN1CCN(C(=O)c2cccc(CSc3nnc(-c4ccc(C)cc4)n3-c3ccccc3F)c2)CC1. The molecule has 1 aromatic heterocycles. The van der Waals surface area contributed by atoms with E-state index in [1.165, 1.54) is 17.8 Å². The fourth-order valence-corrected chi connectivity index (χ4v) is 5.38. The van der Waals surface area contributed by atoms with Gasteiger partial charge in [0.15, 0.2) is 11.0 Å². The van der Waals surface area contributed by atoms with Crippen molar-refractivity contribution >= 4 is 17.7 Å². The maximum Gasteiger partial charge on any atom is 0.253 e. The van der Waals surface area contributed by atoms with Crippen LogP contribution in [0.5, 0.6) is 0 Å². The molecule has 1 saturated heterocycles. The van der Waals surface area contributed by atoms with Crippen molar-refractivity contribution in [2.24, 2.45) is 0 Å². The van der Waals surface area contributed by atoms with Gasteiger partial charge in [-0.3, -0.25) is 9.36 Å². The summed E-state index contributed by atoms with van der Waals surface area (Å²) < 4.78 is 16.7. The molecule has 8 heteroatoms. The number of carbonyl (C=O) groups is 1. The molecule has 0 saturated carbocycles. The van der Waals surface area contributed by atoms with Crippen LogP contribution in [0.1, 0.15) is 28.4 Å². The highest BCUT2D eigenvalue weighted by molar-refractivity contribution is 7.98. The quantitative estimate of drug-likeness (QED) is 0.306. The predicted molar refractivity (Wildman–Crippen MR) is 146 cm³/mol. The maximum atomic E-state index is 14.9. The van der Waals surface area contributed by atoms with Crippen LogP contribution in [-0.2, 0) is 5.75 Å². The Morgan fingerprint density at radius 3 is 2.43 bits per heavy atom. The van der Waals surface area contributed by atoms with E-state index in [2.05, 4.69) is 22.0 Å². The number of amides is 1. The number of aryl methyl sites for hydroxylation is 1. The summed E-state index contributed by atoms with van der Waals surface area (Å²) in [4.78, 5) is 17.4. The zero-order valence-corrected chi connectivity index (χ0v) is 21.9. The molecule has 6 nitrogen and oxygen atoms in total. The summed E-state index contributed by atoms with van der Waals surface area (Å²) in [5, 5.41) is 9.44. The number of carbonyl (C=O) groups excluding carboxylic acids is 1. The Labute approximate surface area is 221 Å². The number of halogens is 1. The predicted octanol–water partition coefficient (Wildman–Crippen LogP) is 5.45. The van der Waals surface area contributed by atoms with E-state index >= 15 is 0 Å². The second kappa shape index (κ2) is 11.3. The van der Waals surface area contributed by atoms with Gasteiger partial charge in [-0.1, -0.05) is 72.8 Å². The van der Waals surface area contributed by atoms with Crippen LogP contribution >= 0.6 is 11.8 Å². The standard InChI is InChI=1S/C29H30FN5OS/c1-3-33-15-17-34(18-16-33)28(36)24-8-6-7-22(19-24)20-37-29-32-31-27(23-13-11-21(2)12-14-23)35(29)26-10-5-4-9-25(26)30/h4-14,19H,3,15-18,20H2,1-2H3. The Balaban J connectivity index is 1.38. The minimum atomic E-state index is -0.340. The highest BCUT2D eigenvalue weighted by Crippen LogP contribution is 2.31. The first-order chi connectivity index (χ1) is 18.0. The number of para-hydroxylation sites is 1. The molecule has 4 aromatic rings. The van der Waals surface area contributed by atoms with Crippen molar-refractivity contribution in [1.82, 2.24) is 24.6 Å². The Hall–Kier alpha value is -3.49. The summed E-state index contributed by atoms with van der Waals surface area (Å²) in [6.07, 6.45) is 0. The molecule has 3 aromatic carbocycles. The van der Waals surface area contributed by atoms with Gasteiger partial charge in [-0.2, -0.15) is 0 Å². The molecule has 0 unspecified atom stereocenters. The molecule has 1 aliphatic heterocycles. The summed E-state index contributed by atoms with van der Waals surface area (Å²) >= 11 is 1.47. The molecule has 0 bridgehead atoms. The fourth-order valence-electron chi connectivity index (χ4n) is 4.50. The van der Waals surface area contributed by atoms with Gasteiger partial charge in [-0.05, 0) is 43.3 Å². The van der Waals surface area contributed by atoms with E-state index in [4.69, 9.17) is 0 Å². The number of piperazine rings is 1. The topological polar surface area (TPSA) is 54.3 Å². The summed E-state index contributed by atoms with van der Waals surface area (Å²) in [5.74, 6) is 0.889. The number of hydrogen-bond donors (Lipinski definition) is 0. The zero-order valence-electron chi connectivity index (χ0n) is 21.1. The van der Waals surface area contributed by atoms with Gasteiger partial charge < -0.3 is 9.80 Å². The van der Waals surface area contributed by atoms with Crippen molar-refractivity contribution < 1.29 is 9.18 Å². The van der Waals surface area contributed by atoms with Crippen molar-refractivity contribution in [3.8, 4) is 17.1 Å². The molecule has 1 fully saturated rings. The van der Waals surface area contributed by atoms with Crippen LogP contribution in [0.15, 0.2) is 78.0 Å². The van der Waals surface area contributed by atoms with Gasteiger partial charge in [0.1, 0.15) is 5.82 Å². The van der Waals surface area contributed by atoms with E-state index in [0.29, 0.717) is 28.0 Å². The summed E-state index contributed by atoms with van der Waals surface area (Å²) in [5.41, 5.74) is 4.10. The smallest absolute Gasteiger partial charge is 0.253 e. The first kappa shape index (κ1) is 25.2. The number of nitrogens with zero attached hydrogens (tertiary/aromatic N) is 5. The molecule has 0 aliphatic carbocycles. The molecule has 0 radical (unpaired) electrons. The van der Waals surface area contributed by atoms with Crippen molar-refractivity contribution in [2.75, 3.05) is 32.7 Å². The van der Waals surface area contributed by atoms with Crippen LogP contribution in [0.3, 0.4) is 0 Å². The lowest BCUT2D eigenvalue weighted by Gasteiger charge is -2.34. The Morgan fingerprint density at radius 2 is 1.70 bits per heavy atom. The third-order valence-corrected chi connectivity index (χ3v) is 7.69. The molecule has 1 aliphatic rings. The van der Waals surface area contributed by atoms with Gasteiger partial charge in [-0.15, -0.1) is 10.2 Å². The van der Waals surface area contributed by atoms with Gasteiger partial charge in [0, 0.05) is 43.1 Å². The molecule has 0 N–H and O–H groups in total. The monoisotopic (exact) mass is 515 g/mol. The van der Waals surface area contributed by atoms with Crippen molar-refractivity contribution in [2.45, 2.75) is 24.8 Å². The average Bonchev–Trinajstić information content (AvgIpc) is 3.36. The molecule has 5 rings (SSSR count). The first-order valence-corrected chi connectivity index (χ1v) is 13.5. The number of thioether (sulfide) groups is 1. The largest absolute Gasteiger partial charge is 0.336 e. The van der Waals surface area contributed by atoms with Gasteiger partial charge >= 0.3 is 0 Å². The molecular weight excluding hydrogens is 485 g/mol. The lowest BCUT2D eigenvalue weighted by atomic mass is 10.1. The van der Waals surface area contributed by atoms with E-state index in [0.717, 1.165) is 49.4 Å². The van der Waals surface area contributed by atoms with Gasteiger partial charge in [-0.25, -0.2) is 4.39 Å². The van der Waals surface area contributed by atoms with Gasteiger partial charge in [0.25, 0.3) is 5.91 Å². The van der Waals surface area contributed by atoms with E-state index < -0.39 is 0 Å². The maximum absolute atomic E-state index is 14.9. The van der Waals surface area contributed by atoms with Gasteiger partial charge in [0.2, 0.25) is 0 Å². The lowest BCUT2D eigenvalue weighted by molar-refractivity contribution is 0.0643. The van der Waals surface area contributed by atoms with Crippen LogP contribution in [0.4, 0.5) is 4.39 Å². The molecule has 0 spiro atoms. The molecule has 190 valence electrons. The van der Waals surface area contributed by atoms with Crippen LogP contribution in [0.2, 0.25) is 0 Å². The molecule has 0 atom stereocenters. The Kier molecular flexibility index (Phi) is 7.67. The van der Waals surface area contributed by atoms with Crippen LogP contribution in [0.25, 0.3) is 17.1 Å². The van der Waals surface area contributed by atoms with Crippen LogP contribution in [-0.4, -0.2) is 63.2 Å². The minimum absolute atomic E-state index is 0.0683. The Bertz CT molecular complexity index is 1380. The van der Waals surface area contributed by atoms with Crippen molar-refractivity contribution in [3.05, 3.63) is 95.3 Å². The third kappa shape index (κ3) is 5.60. The Morgan fingerprint density at radius 1 is 0.946 bits per heavy atom. The molecule has 2 heterocycles. The number of aromatic nitrogens is 3. The molecule has 37 heavy (non-hydrogen) atoms. The summed E-state index contributed by atoms with van der Waals surface area (Å²) in [6.45, 7) is 8.50. The van der Waals surface area contributed by atoms with Crippen LogP contribution < -0.4 is 0 Å². The van der Waals surface area contributed by atoms with Crippen molar-refractivity contribution in [3.63, 3.8) is 0 Å². The van der Waals surface area contributed by atoms with E-state index in [9.17, 15) is 9.18 Å². The third-order valence-electron chi connectivity index (χ3n) is 6.69. The number of likely N-dealkylation sites (N-methyl/N-ethyl adjacent to an activating group) is 1. The number of benzene rings is 3. The lowest BCUT2D eigenvalue weighted by Crippen LogP contribution is -2.48. The van der Waals surface area contributed by atoms with Crippen molar-refractivity contribution in [1.29, 1.82) is 0 Å². The van der Waals surface area contributed by atoms with E-state index in [1.54, 1.807) is 22.8 Å². The van der Waals surface area contributed by atoms with E-state index in [1.807, 2.05) is 60.4 Å². The minimum Gasteiger partial charge on any atom is -0.336 e. The molecule has 1 amide bonds. The fraction of sp³-hybridized carbons (Fsp3) is 0.276. The highest BCUT2D eigenvalue weighted by atomic mass is 32.2. The summed E-state index contributed by atoms with van der Waals surface area (Å²) in [6, 6.07) is 22.4. The first-order valence-electron chi connectivity index (χ1n) is 12.5. The normalized spacial score (nSPS) is 14.2. The average molecular weight is 516 g/mol. The number of rotatable bonds is 7. The van der Waals surface area contributed by atoms with Gasteiger partial charge in [0.05, 0.1) is 5.69 Å². The second-order valence-electron chi connectivity index (χ2n) is 9.17. The molecular formula is C29H30FN5OS. The summed E-state index contributed by atoms with van der Waals surface area (Å²) in [7, 11) is 0. The highest BCUT2D eigenvalue weighted by Gasteiger charge is 2.22. The number of hydrogen-bond acceptors (Lipinski definition) is 5.